The van der Waals surface area contributed by atoms with E-state index >= 15 is 0 Å². The number of unbranched alkanes of at least 4 members (excludes halogenated alkanes) is 1. The molecule has 1 aromatic carbocycles. The molecule has 2 N–H and O–H groups in total. The minimum atomic E-state index is -0.531. The molecular weight excluding hydrogens is 366 g/mol. The van der Waals surface area contributed by atoms with E-state index in [9.17, 15) is 14.9 Å². The van der Waals surface area contributed by atoms with Crippen molar-refractivity contribution in [3.63, 3.8) is 0 Å². The molecule has 0 aliphatic carbocycles. The maximum atomic E-state index is 11.7. The Labute approximate surface area is 161 Å². The number of nitro groups is 1. The lowest BCUT2D eigenvalue weighted by Crippen LogP contribution is -2.15. The van der Waals surface area contributed by atoms with Crippen LogP contribution in [0.3, 0.4) is 0 Å². The summed E-state index contributed by atoms with van der Waals surface area (Å²) in [4.78, 5) is 29.4. The van der Waals surface area contributed by atoms with Crippen LogP contribution in [0.1, 0.15) is 36.6 Å². The Morgan fingerprint density at radius 1 is 1.39 bits per heavy atom. The van der Waals surface area contributed by atoms with Gasteiger partial charge in [-0.05, 0) is 26.3 Å². The molecule has 0 saturated carbocycles. The maximum Gasteiger partial charge on any atom is 0.315 e. The second kappa shape index (κ2) is 9.49. The van der Waals surface area contributed by atoms with Gasteiger partial charge in [-0.1, -0.05) is 13.3 Å². The van der Waals surface area contributed by atoms with Gasteiger partial charge in [0.05, 0.1) is 24.9 Å². The first-order chi connectivity index (χ1) is 13.4. The van der Waals surface area contributed by atoms with Crippen LogP contribution in [-0.2, 0) is 0 Å². The molecule has 0 atom stereocenters. The lowest BCUT2D eigenvalue weighted by atomic mass is 10.2. The second-order valence-corrected chi connectivity index (χ2v) is 6.03. The van der Waals surface area contributed by atoms with Crippen molar-refractivity contribution >= 4 is 17.9 Å². The lowest BCUT2D eigenvalue weighted by molar-refractivity contribution is -0.386. The molecule has 10 nitrogen and oxygen atoms in total. The predicted octanol–water partition coefficient (Wildman–Crippen LogP) is 2.93. The highest BCUT2D eigenvalue weighted by Crippen LogP contribution is 2.38. The van der Waals surface area contributed by atoms with Crippen LogP contribution in [0.2, 0.25) is 0 Å². The molecule has 28 heavy (non-hydrogen) atoms. The number of aromatic nitrogens is 2. The third kappa shape index (κ3) is 5.06. The summed E-state index contributed by atoms with van der Waals surface area (Å²) in [5.41, 5.74) is 3.64. The van der Waals surface area contributed by atoms with E-state index in [1.54, 1.807) is 19.9 Å². The van der Waals surface area contributed by atoms with Crippen LogP contribution < -0.4 is 20.5 Å². The van der Waals surface area contributed by atoms with Gasteiger partial charge in [-0.3, -0.25) is 19.9 Å². The van der Waals surface area contributed by atoms with Crippen molar-refractivity contribution in [1.29, 1.82) is 0 Å². The number of rotatable bonds is 9. The van der Waals surface area contributed by atoms with Crippen LogP contribution in [0, 0.1) is 24.0 Å². The Morgan fingerprint density at radius 2 is 2.14 bits per heavy atom. The third-order valence-corrected chi connectivity index (χ3v) is 4.00. The van der Waals surface area contributed by atoms with E-state index in [1.165, 1.54) is 19.4 Å². The van der Waals surface area contributed by atoms with Crippen molar-refractivity contribution in [3.05, 3.63) is 49.4 Å². The van der Waals surface area contributed by atoms with Gasteiger partial charge in [-0.15, -0.1) is 0 Å². The number of anilines is 1. The highest BCUT2D eigenvalue weighted by molar-refractivity contribution is 5.83. The molecule has 0 fully saturated rings. The first-order valence-electron chi connectivity index (χ1n) is 8.73. The number of nitrogens with zero attached hydrogens (tertiary/aromatic N) is 3. The summed E-state index contributed by atoms with van der Waals surface area (Å²) in [6, 6.07) is 2.92. The fourth-order valence-corrected chi connectivity index (χ4v) is 2.30. The van der Waals surface area contributed by atoms with Gasteiger partial charge in [0.15, 0.2) is 5.75 Å². The summed E-state index contributed by atoms with van der Waals surface area (Å²) in [7, 11) is 1.41. The molecule has 1 aromatic heterocycles. The molecule has 0 amide bonds. The predicted molar refractivity (Wildman–Crippen MR) is 106 cm³/mol. The molecule has 2 aromatic rings. The quantitative estimate of drug-likeness (QED) is 0.292. The fourth-order valence-electron chi connectivity index (χ4n) is 2.30. The van der Waals surface area contributed by atoms with Crippen molar-refractivity contribution in [2.75, 3.05) is 19.1 Å². The van der Waals surface area contributed by atoms with Crippen LogP contribution in [0.25, 0.3) is 0 Å². The van der Waals surface area contributed by atoms with Gasteiger partial charge < -0.3 is 9.47 Å². The Hall–Kier alpha value is -3.43. The molecule has 1 heterocycles. The zero-order valence-electron chi connectivity index (χ0n) is 16.2. The van der Waals surface area contributed by atoms with E-state index in [2.05, 4.69) is 20.5 Å². The lowest BCUT2D eigenvalue weighted by Gasteiger charge is -2.11. The number of benzene rings is 1. The Morgan fingerprint density at radius 3 is 2.75 bits per heavy atom. The van der Waals surface area contributed by atoms with Crippen LogP contribution in [0.4, 0.5) is 11.6 Å². The average Bonchev–Trinajstić information content (AvgIpc) is 2.66. The maximum absolute atomic E-state index is 11.7. The van der Waals surface area contributed by atoms with E-state index in [1.807, 2.05) is 6.92 Å². The Bertz CT molecular complexity index is 939. The van der Waals surface area contributed by atoms with E-state index in [-0.39, 0.29) is 28.7 Å². The zero-order valence-corrected chi connectivity index (χ0v) is 16.2. The molecule has 0 aliphatic heterocycles. The first-order valence-corrected chi connectivity index (χ1v) is 8.73. The number of hydrogen-bond donors (Lipinski definition) is 2. The van der Waals surface area contributed by atoms with E-state index in [4.69, 9.17) is 9.47 Å². The van der Waals surface area contributed by atoms with Crippen LogP contribution in [0.5, 0.6) is 11.5 Å². The standard InChI is InChI=1S/C18H23N5O5/c1-5-6-7-28-16-14(23(25)26)8-13(9-15(16)27-4)10-19-22-18-20-12(3)11(2)17(24)21-18/h8-10H,5-7H2,1-4H3,(H2,20,21,22,24)/b19-10-. The largest absolute Gasteiger partial charge is 0.493 e. The topological polar surface area (TPSA) is 132 Å². The van der Waals surface area contributed by atoms with E-state index in [0.717, 1.165) is 12.8 Å². The van der Waals surface area contributed by atoms with E-state index in [0.29, 0.717) is 23.4 Å². The highest BCUT2D eigenvalue weighted by Gasteiger charge is 2.22. The van der Waals surface area contributed by atoms with Crippen molar-refractivity contribution in [3.8, 4) is 11.5 Å². The number of aromatic amines is 1. The van der Waals surface area contributed by atoms with Gasteiger partial charge in [0, 0.05) is 22.9 Å². The van der Waals surface area contributed by atoms with Gasteiger partial charge in [-0.2, -0.15) is 5.10 Å². The number of nitrogens with one attached hydrogen (secondary N) is 2. The van der Waals surface area contributed by atoms with Crippen molar-refractivity contribution in [2.45, 2.75) is 33.6 Å². The first kappa shape index (κ1) is 20.9. The number of methoxy groups -OCH3 is 1. The molecule has 2 rings (SSSR count). The summed E-state index contributed by atoms with van der Waals surface area (Å²) in [5.74, 6) is 0.501. The SMILES string of the molecule is CCCCOc1c(OC)cc(/C=N\Nc2nc(C)c(C)c(=O)[nH]2)cc1[N+](=O)[O-]. The van der Waals surface area contributed by atoms with Crippen molar-refractivity contribution < 1.29 is 14.4 Å². The molecule has 0 unspecified atom stereocenters. The zero-order chi connectivity index (χ0) is 20.7. The number of aryl methyl sites for hydroxylation is 1. The van der Waals surface area contributed by atoms with Crippen LogP contribution in [0.15, 0.2) is 22.0 Å². The monoisotopic (exact) mass is 389 g/mol. The molecule has 0 spiro atoms. The highest BCUT2D eigenvalue weighted by atomic mass is 16.6. The van der Waals surface area contributed by atoms with Crippen LogP contribution in [-0.4, -0.2) is 34.8 Å². The number of nitro benzene ring substituents is 1. The number of H-pyrrole nitrogens is 1. The van der Waals surface area contributed by atoms with Gasteiger partial charge in [0.2, 0.25) is 11.7 Å². The molecule has 0 aliphatic rings. The number of hydrazone groups is 1. The normalized spacial score (nSPS) is 10.9. The summed E-state index contributed by atoms with van der Waals surface area (Å²) in [5, 5.41) is 15.4. The van der Waals surface area contributed by atoms with Gasteiger partial charge in [0.1, 0.15) is 0 Å². The Kier molecular flexibility index (Phi) is 7.08. The van der Waals surface area contributed by atoms with E-state index < -0.39 is 4.92 Å². The summed E-state index contributed by atoms with van der Waals surface area (Å²) in [6.07, 6.45) is 3.04. The molecule has 0 saturated heterocycles. The minimum Gasteiger partial charge on any atom is -0.493 e. The molecule has 0 radical (unpaired) electrons. The van der Waals surface area contributed by atoms with Crippen LogP contribution >= 0.6 is 0 Å². The average molecular weight is 389 g/mol. The van der Waals surface area contributed by atoms with Gasteiger partial charge in [0.25, 0.3) is 5.56 Å². The second-order valence-electron chi connectivity index (χ2n) is 6.03. The number of hydrogen-bond acceptors (Lipinski definition) is 8. The Balaban J connectivity index is 2.27. The molecular formula is C18H23N5O5. The van der Waals surface area contributed by atoms with Gasteiger partial charge in [-0.25, -0.2) is 10.4 Å². The van der Waals surface area contributed by atoms with Crippen molar-refractivity contribution in [1.82, 2.24) is 9.97 Å². The fraction of sp³-hybridized carbons (Fsp3) is 0.389. The summed E-state index contributed by atoms with van der Waals surface area (Å²) in [6.45, 7) is 5.74. The molecule has 0 bridgehead atoms. The van der Waals surface area contributed by atoms with Gasteiger partial charge >= 0.3 is 5.69 Å². The third-order valence-electron chi connectivity index (χ3n) is 4.00. The summed E-state index contributed by atoms with van der Waals surface area (Å²) >= 11 is 0. The summed E-state index contributed by atoms with van der Waals surface area (Å²) < 4.78 is 10.8. The molecule has 10 heteroatoms. The smallest absolute Gasteiger partial charge is 0.315 e. The molecule has 150 valence electrons. The van der Waals surface area contributed by atoms with Crippen molar-refractivity contribution in [2.24, 2.45) is 5.10 Å². The number of ether oxygens (including phenoxy) is 2. The minimum absolute atomic E-state index is 0.0891.